The molecular formula is C6H6GeO4-2. The zero-order chi connectivity index (χ0) is 8.57. The molecule has 0 bridgehead atoms. The van der Waals surface area contributed by atoms with Crippen molar-refractivity contribution in [1.82, 2.24) is 0 Å². The molecule has 0 atom stereocenters. The molecule has 4 nitrogen and oxygen atoms in total. The van der Waals surface area contributed by atoms with Crippen LogP contribution in [0.4, 0.5) is 0 Å². The second-order valence-electron chi connectivity index (χ2n) is 1.05. The molecule has 0 heterocycles. The maximum Gasteiger partial charge on any atom is 0.0636 e. The molecule has 0 rings (SSSR count). The number of carboxylic acid groups (broad SMARTS) is 2. The van der Waals surface area contributed by atoms with Crippen LogP contribution in [0.1, 0.15) is 0 Å². The van der Waals surface area contributed by atoms with Gasteiger partial charge in [-0.15, -0.1) is 0 Å². The van der Waals surface area contributed by atoms with Crippen LogP contribution >= 0.6 is 0 Å². The second kappa shape index (κ2) is 11.7. The number of hydrogen-bond acceptors (Lipinski definition) is 4. The molecule has 11 heavy (non-hydrogen) atoms. The van der Waals surface area contributed by atoms with Crippen LogP contribution in [0, 0.1) is 0 Å². The summed E-state index contributed by atoms with van der Waals surface area (Å²) in [5.41, 5.74) is 0. The number of carbonyl (C=O) groups is 2. The molecule has 0 saturated heterocycles. The minimum atomic E-state index is -1.23. The molecule has 0 spiro atoms. The molecule has 0 unspecified atom stereocenters. The summed E-state index contributed by atoms with van der Waals surface area (Å²) >= 11 is 0. The average Bonchev–Trinajstić information content (AvgIpc) is 1.89. The Morgan fingerprint density at radius 1 is 1.00 bits per heavy atom. The minimum absolute atomic E-state index is 0. The van der Waals surface area contributed by atoms with Gasteiger partial charge < -0.3 is 19.8 Å². The van der Waals surface area contributed by atoms with Crippen molar-refractivity contribution < 1.29 is 19.8 Å². The predicted octanol–water partition coefficient (Wildman–Crippen LogP) is -2.54. The topological polar surface area (TPSA) is 80.3 Å². The summed E-state index contributed by atoms with van der Waals surface area (Å²) < 4.78 is 0. The zero-order valence-corrected chi connectivity index (χ0v) is 7.80. The van der Waals surface area contributed by atoms with Crippen molar-refractivity contribution in [3.05, 3.63) is 25.3 Å². The van der Waals surface area contributed by atoms with Gasteiger partial charge in [0, 0.05) is 17.6 Å². The Bertz CT molecular complexity index is 135. The van der Waals surface area contributed by atoms with Crippen LogP contribution < -0.4 is 10.2 Å². The maximum atomic E-state index is 9.14. The van der Waals surface area contributed by atoms with Gasteiger partial charge in [-0.05, 0) is 12.2 Å². The summed E-state index contributed by atoms with van der Waals surface area (Å²) in [7, 11) is 0. The fraction of sp³-hybridized carbons (Fsp3) is 0. The summed E-state index contributed by atoms with van der Waals surface area (Å²) in [4.78, 5) is 18.3. The predicted molar refractivity (Wildman–Crippen MR) is 36.2 cm³/mol. The first kappa shape index (κ1) is 16.5. The van der Waals surface area contributed by atoms with E-state index in [1.54, 1.807) is 0 Å². The SMILES string of the molecule is C=CC(=O)[O-].C=CC(=O)[O-].[Ge]. The molecule has 0 aliphatic carbocycles. The fourth-order valence-corrected chi connectivity index (χ4v) is 0. The third kappa shape index (κ3) is 49.5. The second-order valence-corrected chi connectivity index (χ2v) is 1.05. The van der Waals surface area contributed by atoms with E-state index in [1.165, 1.54) is 0 Å². The molecule has 0 fully saturated rings. The van der Waals surface area contributed by atoms with E-state index in [-0.39, 0.29) is 17.6 Å². The first-order valence-electron chi connectivity index (χ1n) is 2.21. The summed E-state index contributed by atoms with van der Waals surface area (Å²) in [6.45, 7) is 5.80. The van der Waals surface area contributed by atoms with Crippen LogP contribution in [0.25, 0.3) is 0 Å². The van der Waals surface area contributed by atoms with Crippen LogP contribution in [-0.2, 0) is 9.59 Å². The molecule has 0 aliphatic rings. The van der Waals surface area contributed by atoms with Gasteiger partial charge in [-0.2, -0.15) is 0 Å². The number of carboxylic acids is 2. The Labute approximate surface area is 75.2 Å². The van der Waals surface area contributed by atoms with Gasteiger partial charge in [0.2, 0.25) is 0 Å². The van der Waals surface area contributed by atoms with Crippen molar-refractivity contribution in [3.63, 3.8) is 0 Å². The third-order valence-electron chi connectivity index (χ3n) is 0.333. The molecular weight excluding hydrogens is 209 g/mol. The summed E-state index contributed by atoms with van der Waals surface area (Å²) in [5.74, 6) is -2.46. The standard InChI is InChI=1S/2C3H4O2.Ge/c2*1-2-3(4)5;/h2*2H,1H2,(H,4,5);/p-2. The maximum absolute atomic E-state index is 9.14. The van der Waals surface area contributed by atoms with E-state index in [9.17, 15) is 0 Å². The first-order valence-corrected chi connectivity index (χ1v) is 2.21. The number of hydrogen-bond donors (Lipinski definition) is 0. The van der Waals surface area contributed by atoms with E-state index in [0.717, 1.165) is 12.2 Å². The Morgan fingerprint density at radius 2 is 1.09 bits per heavy atom. The molecule has 0 aromatic heterocycles. The molecule has 5 heteroatoms. The Hall–Kier alpha value is -1.04. The number of aliphatic carboxylic acids is 2. The molecule has 0 aromatic carbocycles. The van der Waals surface area contributed by atoms with Crippen LogP contribution in [0.2, 0.25) is 0 Å². The van der Waals surface area contributed by atoms with Crippen molar-refractivity contribution in [2.24, 2.45) is 0 Å². The quantitative estimate of drug-likeness (QED) is 0.375. The molecule has 0 amide bonds. The van der Waals surface area contributed by atoms with Gasteiger partial charge in [-0.25, -0.2) is 0 Å². The van der Waals surface area contributed by atoms with Gasteiger partial charge in [0.25, 0.3) is 0 Å². The van der Waals surface area contributed by atoms with Gasteiger partial charge in [0.15, 0.2) is 0 Å². The van der Waals surface area contributed by atoms with Crippen molar-refractivity contribution in [2.75, 3.05) is 0 Å². The van der Waals surface area contributed by atoms with Gasteiger partial charge in [-0.3, -0.25) is 0 Å². The van der Waals surface area contributed by atoms with E-state index in [0.29, 0.717) is 0 Å². The first-order chi connectivity index (χ1) is 4.54. The van der Waals surface area contributed by atoms with Gasteiger partial charge in [0.05, 0.1) is 11.9 Å². The number of carbonyl (C=O) groups excluding carboxylic acids is 2. The third-order valence-corrected chi connectivity index (χ3v) is 0.333. The molecule has 0 aliphatic heterocycles. The van der Waals surface area contributed by atoms with Crippen molar-refractivity contribution in [1.29, 1.82) is 0 Å². The zero-order valence-electron chi connectivity index (χ0n) is 5.70. The van der Waals surface area contributed by atoms with Crippen LogP contribution in [0.15, 0.2) is 25.3 Å². The van der Waals surface area contributed by atoms with E-state index in [2.05, 4.69) is 13.2 Å². The molecule has 0 saturated carbocycles. The largest absolute Gasteiger partial charge is 0.545 e. The molecule has 0 aromatic rings. The Kier molecular flexibility index (Phi) is 17.6. The van der Waals surface area contributed by atoms with E-state index >= 15 is 0 Å². The van der Waals surface area contributed by atoms with Crippen molar-refractivity contribution in [2.45, 2.75) is 0 Å². The van der Waals surface area contributed by atoms with E-state index < -0.39 is 11.9 Å². The fourth-order valence-electron chi connectivity index (χ4n) is 0. The minimum Gasteiger partial charge on any atom is -0.545 e. The Morgan fingerprint density at radius 3 is 1.09 bits per heavy atom. The van der Waals surface area contributed by atoms with Gasteiger partial charge >= 0.3 is 0 Å². The average molecular weight is 215 g/mol. The Balaban J connectivity index is -0.000000107. The molecule has 0 N–H and O–H groups in total. The molecule has 4 radical (unpaired) electrons. The van der Waals surface area contributed by atoms with Crippen LogP contribution in [0.3, 0.4) is 0 Å². The van der Waals surface area contributed by atoms with Crippen LogP contribution in [0.5, 0.6) is 0 Å². The summed E-state index contributed by atoms with van der Waals surface area (Å²) in [6.07, 6.45) is 1.44. The van der Waals surface area contributed by atoms with Crippen LogP contribution in [-0.4, -0.2) is 29.5 Å². The monoisotopic (exact) mass is 216 g/mol. The molecule has 60 valence electrons. The number of rotatable bonds is 2. The van der Waals surface area contributed by atoms with Crippen molar-refractivity contribution >= 4 is 29.5 Å². The smallest absolute Gasteiger partial charge is 0.0636 e. The van der Waals surface area contributed by atoms with Crippen molar-refractivity contribution in [3.8, 4) is 0 Å². The summed E-state index contributed by atoms with van der Waals surface area (Å²) in [6, 6.07) is 0. The van der Waals surface area contributed by atoms with Gasteiger partial charge in [0.1, 0.15) is 0 Å². The van der Waals surface area contributed by atoms with E-state index in [4.69, 9.17) is 19.8 Å². The normalized spacial score (nSPS) is 5.82. The van der Waals surface area contributed by atoms with Gasteiger partial charge in [-0.1, -0.05) is 13.2 Å². The van der Waals surface area contributed by atoms with E-state index in [1.807, 2.05) is 0 Å². The summed E-state index contributed by atoms with van der Waals surface area (Å²) in [5, 5.41) is 18.3.